The lowest BCUT2D eigenvalue weighted by Gasteiger charge is -2.27. The van der Waals surface area contributed by atoms with E-state index in [-0.39, 0.29) is 0 Å². The van der Waals surface area contributed by atoms with Crippen molar-refractivity contribution in [2.24, 2.45) is 10.7 Å². The minimum Gasteiger partial charge on any atom is -0.474 e. The van der Waals surface area contributed by atoms with Crippen LogP contribution in [0.1, 0.15) is 31.2 Å². The van der Waals surface area contributed by atoms with Crippen LogP contribution in [0.3, 0.4) is 0 Å². The van der Waals surface area contributed by atoms with Gasteiger partial charge in [-0.15, -0.1) is 0 Å². The summed E-state index contributed by atoms with van der Waals surface area (Å²) in [6.45, 7) is 3.58. The minimum atomic E-state index is 0.341. The van der Waals surface area contributed by atoms with Crippen molar-refractivity contribution in [3.05, 3.63) is 23.9 Å². The van der Waals surface area contributed by atoms with E-state index in [1.54, 1.807) is 0 Å². The molecule has 1 saturated heterocycles. The first-order valence-electron chi connectivity index (χ1n) is 8.05. The van der Waals surface area contributed by atoms with E-state index >= 15 is 0 Å². The molecule has 0 atom stereocenters. The van der Waals surface area contributed by atoms with Gasteiger partial charge >= 0.3 is 0 Å². The number of ether oxygens (including phenoxy) is 2. The molecule has 2 N–H and O–H groups in total. The number of rotatable bonds is 4. The zero-order valence-electron chi connectivity index (χ0n) is 12.9. The highest BCUT2D eigenvalue weighted by Gasteiger charge is 2.16. The number of pyridine rings is 1. The van der Waals surface area contributed by atoms with Crippen molar-refractivity contribution < 1.29 is 9.47 Å². The normalized spacial score (nSPS) is 20.4. The van der Waals surface area contributed by atoms with Crippen LogP contribution in [0.25, 0.3) is 0 Å². The summed E-state index contributed by atoms with van der Waals surface area (Å²) in [6.07, 6.45) is 6.97. The molecule has 2 fully saturated rings. The van der Waals surface area contributed by atoms with Gasteiger partial charge in [-0.1, -0.05) is 6.07 Å². The van der Waals surface area contributed by atoms with Gasteiger partial charge in [0.05, 0.1) is 19.8 Å². The van der Waals surface area contributed by atoms with Crippen molar-refractivity contribution in [1.82, 2.24) is 9.88 Å². The van der Waals surface area contributed by atoms with Gasteiger partial charge in [0.2, 0.25) is 5.88 Å². The van der Waals surface area contributed by atoms with E-state index in [1.165, 1.54) is 12.8 Å². The Hall–Kier alpha value is -1.82. The van der Waals surface area contributed by atoms with E-state index in [4.69, 9.17) is 15.2 Å². The predicted molar refractivity (Wildman–Crippen MR) is 84.8 cm³/mol. The van der Waals surface area contributed by atoms with Gasteiger partial charge in [-0.25, -0.2) is 9.98 Å². The molecule has 1 saturated carbocycles. The van der Waals surface area contributed by atoms with Gasteiger partial charge in [-0.05, 0) is 31.2 Å². The molecular weight excluding hydrogens is 280 g/mol. The van der Waals surface area contributed by atoms with Crippen molar-refractivity contribution in [2.45, 2.75) is 38.3 Å². The van der Waals surface area contributed by atoms with Crippen molar-refractivity contribution in [1.29, 1.82) is 0 Å². The second-order valence-corrected chi connectivity index (χ2v) is 5.80. The van der Waals surface area contributed by atoms with Crippen molar-refractivity contribution >= 4 is 5.96 Å². The molecule has 0 amide bonds. The maximum absolute atomic E-state index is 6.01. The van der Waals surface area contributed by atoms with E-state index < -0.39 is 0 Å². The average molecular weight is 304 g/mol. The number of hydrogen-bond donors (Lipinski definition) is 1. The smallest absolute Gasteiger partial charge is 0.213 e. The Labute approximate surface area is 131 Å². The molecule has 1 aromatic heterocycles. The lowest BCUT2D eigenvalue weighted by molar-refractivity contribution is 0.0674. The summed E-state index contributed by atoms with van der Waals surface area (Å²) in [6, 6.07) is 3.93. The fourth-order valence-corrected chi connectivity index (χ4v) is 2.82. The Bertz CT molecular complexity index is 491. The Kier molecular flexibility index (Phi) is 5.11. The molecule has 0 unspecified atom stereocenters. The second kappa shape index (κ2) is 7.45. The van der Waals surface area contributed by atoms with Crippen LogP contribution >= 0.6 is 0 Å². The lowest BCUT2D eigenvalue weighted by Crippen LogP contribution is -2.44. The van der Waals surface area contributed by atoms with Crippen LogP contribution in [0.2, 0.25) is 0 Å². The van der Waals surface area contributed by atoms with Gasteiger partial charge in [0.15, 0.2) is 5.96 Å². The maximum atomic E-state index is 6.01. The highest BCUT2D eigenvalue weighted by Crippen LogP contribution is 2.22. The predicted octanol–water partition coefficient (Wildman–Crippen LogP) is 1.55. The maximum Gasteiger partial charge on any atom is 0.213 e. The second-order valence-electron chi connectivity index (χ2n) is 5.80. The number of aliphatic imine (C=N–C) groups is 1. The monoisotopic (exact) mass is 304 g/mol. The standard InChI is InChI=1S/C16H24N4O2/c17-16(20-7-9-21-10-8-20)19-12-13-5-6-15(18-11-13)22-14-3-1-2-4-14/h5-6,11,14H,1-4,7-10,12H2,(H2,17,19). The molecule has 2 aliphatic rings. The number of hydrogen-bond acceptors (Lipinski definition) is 4. The summed E-state index contributed by atoms with van der Waals surface area (Å²) in [5.74, 6) is 1.29. The summed E-state index contributed by atoms with van der Waals surface area (Å²) < 4.78 is 11.2. The first-order valence-corrected chi connectivity index (χ1v) is 8.05. The van der Waals surface area contributed by atoms with Crippen LogP contribution in [0.5, 0.6) is 5.88 Å². The molecule has 0 radical (unpaired) electrons. The SMILES string of the molecule is NC(=NCc1ccc(OC2CCCC2)nc1)N1CCOCC1. The first kappa shape index (κ1) is 15.1. The average Bonchev–Trinajstić information content (AvgIpc) is 3.08. The highest BCUT2D eigenvalue weighted by molar-refractivity contribution is 5.78. The third-order valence-corrected chi connectivity index (χ3v) is 4.15. The molecule has 6 nitrogen and oxygen atoms in total. The fraction of sp³-hybridized carbons (Fsp3) is 0.625. The van der Waals surface area contributed by atoms with Gasteiger partial charge in [-0.3, -0.25) is 0 Å². The molecule has 0 aromatic carbocycles. The number of guanidine groups is 1. The molecule has 2 heterocycles. The zero-order valence-corrected chi connectivity index (χ0v) is 12.9. The molecule has 0 bridgehead atoms. The Morgan fingerprint density at radius 1 is 1.32 bits per heavy atom. The van der Waals surface area contributed by atoms with E-state index in [9.17, 15) is 0 Å². The summed E-state index contributed by atoms with van der Waals surface area (Å²) in [7, 11) is 0. The van der Waals surface area contributed by atoms with Crippen LogP contribution in [0.4, 0.5) is 0 Å². The molecule has 1 aliphatic carbocycles. The largest absolute Gasteiger partial charge is 0.474 e. The summed E-state index contributed by atoms with van der Waals surface area (Å²) >= 11 is 0. The molecule has 22 heavy (non-hydrogen) atoms. The molecule has 1 aliphatic heterocycles. The van der Waals surface area contributed by atoms with Crippen LogP contribution in [0.15, 0.2) is 23.3 Å². The van der Waals surface area contributed by atoms with E-state index in [0.717, 1.165) is 31.5 Å². The first-order chi connectivity index (χ1) is 10.8. The summed E-state index contributed by atoms with van der Waals surface area (Å²) in [5.41, 5.74) is 7.05. The third kappa shape index (κ3) is 4.10. The van der Waals surface area contributed by atoms with Gasteiger partial charge in [0, 0.05) is 25.4 Å². The van der Waals surface area contributed by atoms with E-state index in [0.29, 0.717) is 37.7 Å². The Morgan fingerprint density at radius 3 is 2.77 bits per heavy atom. The molecule has 1 aromatic rings. The summed E-state index contributed by atoms with van der Waals surface area (Å²) in [4.78, 5) is 10.9. The van der Waals surface area contributed by atoms with Crippen LogP contribution in [0, 0.1) is 0 Å². The lowest BCUT2D eigenvalue weighted by atomic mass is 10.3. The molecule has 6 heteroatoms. The topological polar surface area (TPSA) is 73.0 Å². The van der Waals surface area contributed by atoms with Crippen molar-refractivity contribution in [3.8, 4) is 5.88 Å². The third-order valence-electron chi connectivity index (χ3n) is 4.15. The van der Waals surface area contributed by atoms with Gasteiger partial charge in [-0.2, -0.15) is 0 Å². The van der Waals surface area contributed by atoms with Gasteiger partial charge in [0.1, 0.15) is 6.10 Å². The highest BCUT2D eigenvalue weighted by atomic mass is 16.5. The molecule has 3 rings (SSSR count). The quantitative estimate of drug-likeness (QED) is 0.675. The Morgan fingerprint density at radius 2 is 2.09 bits per heavy atom. The number of nitrogens with two attached hydrogens (primary N) is 1. The zero-order chi connectivity index (χ0) is 15.2. The fourth-order valence-electron chi connectivity index (χ4n) is 2.82. The molecular formula is C16H24N4O2. The molecule has 120 valence electrons. The van der Waals surface area contributed by atoms with Gasteiger partial charge in [0.25, 0.3) is 0 Å². The van der Waals surface area contributed by atoms with Gasteiger partial charge < -0.3 is 20.1 Å². The molecule has 0 spiro atoms. The number of morpholine rings is 1. The van der Waals surface area contributed by atoms with Crippen LogP contribution < -0.4 is 10.5 Å². The number of aromatic nitrogens is 1. The van der Waals surface area contributed by atoms with Crippen molar-refractivity contribution in [3.63, 3.8) is 0 Å². The minimum absolute atomic E-state index is 0.341. The van der Waals surface area contributed by atoms with E-state index in [1.807, 2.05) is 18.3 Å². The van der Waals surface area contributed by atoms with Crippen molar-refractivity contribution in [2.75, 3.05) is 26.3 Å². The number of nitrogens with zero attached hydrogens (tertiary/aromatic N) is 3. The van der Waals surface area contributed by atoms with Crippen LogP contribution in [-0.2, 0) is 11.3 Å². The van der Waals surface area contributed by atoms with E-state index in [2.05, 4.69) is 14.9 Å². The Balaban J connectivity index is 1.51. The van der Waals surface area contributed by atoms with Crippen LogP contribution in [-0.4, -0.2) is 48.3 Å². The summed E-state index contributed by atoms with van der Waals surface area (Å²) in [5, 5.41) is 0.